The van der Waals surface area contributed by atoms with Crippen LogP contribution in [0.2, 0.25) is 5.02 Å². The van der Waals surface area contributed by atoms with Crippen molar-refractivity contribution < 1.29 is 52.6 Å². The van der Waals surface area contributed by atoms with Crippen molar-refractivity contribution in [2.45, 2.75) is 165 Å². The highest BCUT2D eigenvalue weighted by Crippen LogP contribution is 2.57. The zero-order valence-corrected chi connectivity index (χ0v) is 38.3. The number of methoxy groups -OCH3 is 3. The number of allylic oxidation sites excluding steroid dienone is 2. The van der Waals surface area contributed by atoms with Gasteiger partial charge >= 0.3 is 5.97 Å². The predicted octanol–water partition coefficient (Wildman–Crippen LogP) is 6.43. The Hall–Kier alpha value is -2.17. The van der Waals surface area contributed by atoms with Gasteiger partial charge in [0.25, 0.3) is 0 Å². The highest BCUT2D eigenvalue weighted by molar-refractivity contribution is 6.30. The van der Waals surface area contributed by atoms with Crippen molar-refractivity contribution in [1.29, 1.82) is 0 Å². The molecule has 342 valence electrons. The average Bonchev–Trinajstić information content (AvgIpc) is 3.82. The topological polar surface area (TPSA) is 143 Å². The highest BCUT2D eigenvalue weighted by Gasteiger charge is 2.60. The second-order valence-corrected chi connectivity index (χ2v) is 19.2. The Balaban J connectivity index is 1.20. The molecular weight excluding hydrogens is 804 g/mol. The average molecular weight is 876 g/mol. The number of ketones is 1. The van der Waals surface area contributed by atoms with Gasteiger partial charge in [0.1, 0.15) is 24.4 Å². The molecule has 0 bridgehead atoms. The number of hydrogen-bond acceptors (Lipinski definition) is 13. The number of fused-ring (bicyclic) bond motifs is 5. The summed E-state index contributed by atoms with van der Waals surface area (Å²) in [6.07, 6.45) is 3.29. The molecule has 7 rings (SSSR count). The van der Waals surface area contributed by atoms with Gasteiger partial charge in [-0.15, -0.1) is 0 Å². The summed E-state index contributed by atoms with van der Waals surface area (Å²) >= 11 is 6.30. The van der Waals surface area contributed by atoms with Crippen molar-refractivity contribution in [3.8, 4) is 0 Å². The zero-order chi connectivity index (χ0) is 43.7. The van der Waals surface area contributed by atoms with Gasteiger partial charge in [0.2, 0.25) is 0 Å². The molecule has 3 aliphatic carbocycles. The number of halogens is 1. The van der Waals surface area contributed by atoms with E-state index in [1.165, 1.54) is 0 Å². The van der Waals surface area contributed by atoms with E-state index in [9.17, 15) is 9.90 Å². The van der Waals surface area contributed by atoms with Crippen LogP contribution in [0.5, 0.6) is 0 Å². The smallest absolute Gasteiger partial charge is 0.306 e. The highest BCUT2D eigenvalue weighted by atomic mass is 35.5. The van der Waals surface area contributed by atoms with Crippen LogP contribution in [0.3, 0.4) is 0 Å². The van der Waals surface area contributed by atoms with Gasteiger partial charge in [0, 0.05) is 55.8 Å². The molecule has 2 N–H and O–H groups in total. The van der Waals surface area contributed by atoms with E-state index >= 15 is 4.79 Å². The SMILES string of the molecule is CC[C@H]1CCC[C@H](O[C@H]2CC[C@H](N(C)C)C(C)O2)[C@@H](C)C(=O)C2=C[C@H]3[C@@H]4C[C@H](O[C@@H]5OC(C)[C@H](OC)C(OC)C5OC)C[C@H]4[C@H](Nc4ccc(Cl)cc4)[C@@H](O)[C@H]3[C@@H]2CC(=O)O1. The Kier molecular flexibility index (Phi) is 15.6. The van der Waals surface area contributed by atoms with Crippen molar-refractivity contribution in [1.82, 2.24) is 4.90 Å². The van der Waals surface area contributed by atoms with Crippen LogP contribution in [0, 0.1) is 35.5 Å². The van der Waals surface area contributed by atoms with Crippen LogP contribution in [0.15, 0.2) is 35.9 Å². The van der Waals surface area contributed by atoms with Crippen LogP contribution in [0.25, 0.3) is 0 Å². The molecule has 3 saturated heterocycles. The van der Waals surface area contributed by atoms with Crippen molar-refractivity contribution >= 4 is 29.0 Å². The van der Waals surface area contributed by atoms with Crippen molar-refractivity contribution in [2.75, 3.05) is 40.7 Å². The number of likely N-dealkylation sites (N-methyl/N-ethyl adjacent to an activating group) is 1. The molecule has 0 radical (unpaired) electrons. The first-order chi connectivity index (χ1) is 29.3. The molecule has 6 aliphatic rings. The quantitative estimate of drug-likeness (QED) is 0.236. The lowest BCUT2D eigenvalue weighted by molar-refractivity contribution is -0.314. The van der Waals surface area contributed by atoms with Gasteiger partial charge in [-0.3, -0.25) is 9.59 Å². The minimum atomic E-state index is -0.906. The second-order valence-electron chi connectivity index (χ2n) is 18.8. The monoisotopic (exact) mass is 874 g/mol. The van der Waals surface area contributed by atoms with E-state index in [1.54, 1.807) is 21.3 Å². The standard InChI is InChI=1S/C47H71ClN2O11/c1-10-29-12-11-13-37(61-39-19-18-36(50(5)6)25(3)57-39)24(2)42(52)35-22-32-31-20-30(60-47-46(56-9)45(55-8)44(54-7)26(4)58-47)21-34(31)41(49-28-16-14-27(48)15-17-28)43(53)40(32)33(35)23-38(51)59-29/h14-17,22,24-26,29-34,36-37,39-41,43-47,49,53H,10-13,18-21,23H2,1-9H3/t24-,25?,26?,29+,30+,31+,32+,33-,34-,36+,37+,39+,40-,41+,43+,44+,45?,46?,47+/m1/s1. The molecule has 14 heteroatoms. The molecule has 5 fully saturated rings. The number of anilines is 1. The summed E-state index contributed by atoms with van der Waals surface area (Å²) in [6, 6.07) is 7.36. The van der Waals surface area contributed by atoms with E-state index in [-0.39, 0.29) is 72.6 Å². The fourth-order valence-electron chi connectivity index (χ4n) is 11.9. The van der Waals surface area contributed by atoms with Crippen molar-refractivity contribution in [2.24, 2.45) is 35.5 Å². The first-order valence-electron chi connectivity index (χ1n) is 22.8. The number of aliphatic hydroxyl groups excluding tert-OH is 1. The predicted molar refractivity (Wildman–Crippen MR) is 230 cm³/mol. The third kappa shape index (κ3) is 9.92. The molecule has 3 heterocycles. The molecule has 1 aromatic carbocycles. The number of nitrogens with zero attached hydrogens (tertiary/aromatic N) is 1. The van der Waals surface area contributed by atoms with E-state index in [1.807, 2.05) is 45.0 Å². The summed E-state index contributed by atoms with van der Waals surface area (Å²) < 4.78 is 50.2. The van der Waals surface area contributed by atoms with E-state index in [4.69, 9.17) is 49.5 Å². The molecule has 3 aliphatic heterocycles. The molecule has 0 spiro atoms. The van der Waals surface area contributed by atoms with Gasteiger partial charge in [-0.25, -0.2) is 0 Å². The number of cyclic esters (lactones) is 1. The summed E-state index contributed by atoms with van der Waals surface area (Å²) in [4.78, 5) is 31.2. The van der Waals surface area contributed by atoms with Crippen LogP contribution >= 0.6 is 11.6 Å². The maximum atomic E-state index is 15.1. The van der Waals surface area contributed by atoms with Crippen LogP contribution in [0.1, 0.15) is 85.5 Å². The lowest BCUT2D eigenvalue weighted by Crippen LogP contribution is -2.59. The summed E-state index contributed by atoms with van der Waals surface area (Å²) in [5.41, 5.74) is 1.42. The van der Waals surface area contributed by atoms with Gasteiger partial charge in [-0.2, -0.15) is 0 Å². The maximum Gasteiger partial charge on any atom is 0.306 e. The summed E-state index contributed by atoms with van der Waals surface area (Å²) in [5.74, 6) is -2.05. The minimum absolute atomic E-state index is 0.00704. The van der Waals surface area contributed by atoms with Crippen LogP contribution in [-0.2, 0) is 47.5 Å². The van der Waals surface area contributed by atoms with E-state index < -0.39 is 54.7 Å². The molecule has 0 aromatic heterocycles. The molecule has 4 unspecified atom stereocenters. The van der Waals surface area contributed by atoms with Gasteiger partial charge in [0.05, 0.1) is 43.0 Å². The number of carbonyl (C=O) groups excluding carboxylic acids is 2. The Labute approximate surface area is 367 Å². The fraction of sp³-hybridized carbons (Fsp3) is 0.787. The molecule has 0 amide bonds. The van der Waals surface area contributed by atoms with Crippen molar-refractivity contribution in [3.05, 3.63) is 40.9 Å². The van der Waals surface area contributed by atoms with Gasteiger partial charge < -0.3 is 53.2 Å². The Bertz CT molecular complexity index is 1660. The number of aliphatic hydroxyl groups is 1. The summed E-state index contributed by atoms with van der Waals surface area (Å²) in [6.45, 7) is 8.03. The van der Waals surface area contributed by atoms with Crippen LogP contribution in [0.4, 0.5) is 5.69 Å². The number of esters is 1. The first kappa shape index (κ1) is 46.8. The van der Waals surface area contributed by atoms with E-state index in [0.29, 0.717) is 48.7 Å². The third-order valence-electron chi connectivity index (χ3n) is 15.1. The van der Waals surface area contributed by atoms with Gasteiger partial charge in [0.15, 0.2) is 18.4 Å². The van der Waals surface area contributed by atoms with Crippen LogP contribution < -0.4 is 5.32 Å². The number of hydrogen-bond donors (Lipinski definition) is 2. The molecule has 61 heavy (non-hydrogen) atoms. The molecule has 2 saturated carbocycles. The molecule has 19 atom stereocenters. The summed E-state index contributed by atoms with van der Waals surface area (Å²) in [5, 5.41) is 17.0. The minimum Gasteiger partial charge on any atom is -0.462 e. The number of rotatable bonds is 11. The Morgan fingerprint density at radius 3 is 2.23 bits per heavy atom. The van der Waals surface area contributed by atoms with Crippen LogP contribution in [-0.4, -0.2) is 137 Å². The number of benzene rings is 1. The number of carbonyl (C=O) groups is 2. The lowest BCUT2D eigenvalue weighted by atomic mass is 9.62. The normalized spacial score (nSPS) is 43.3. The maximum absolute atomic E-state index is 15.1. The molecule has 13 nitrogen and oxygen atoms in total. The largest absolute Gasteiger partial charge is 0.462 e. The fourth-order valence-corrected chi connectivity index (χ4v) is 12.1. The third-order valence-corrected chi connectivity index (χ3v) is 15.3. The van der Waals surface area contributed by atoms with E-state index in [0.717, 1.165) is 24.9 Å². The molecular formula is C47H71ClN2O11. The number of nitrogens with one attached hydrogen (secondary N) is 1. The van der Waals surface area contributed by atoms with Crippen molar-refractivity contribution in [3.63, 3.8) is 0 Å². The number of ether oxygens (including phenoxy) is 8. The summed E-state index contributed by atoms with van der Waals surface area (Å²) in [7, 11) is 9.05. The Morgan fingerprint density at radius 2 is 1.57 bits per heavy atom. The second kappa shape index (κ2) is 20.3. The van der Waals surface area contributed by atoms with Gasteiger partial charge in [-0.1, -0.05) is 31.5 Å². The Morgan fingerprint density at radius 1 is 0.869 bits per heavy atom. The zero-order valence-electron chi connectivity index (χ0n) is 37.6. The molecule has 1 aromatic rings. The van der Waals surface area contributed by atoms with Gasteiger partial charge in [-0.05, 0) is 127 Å². The first-order valence-corrected chi connectivity index (χ1v) is 23.2. The lowest BCUT2D eigenvalue weighted by Gasteiger charge is -2.47. The van der Waals surface area contributed by atoms with E-state index in [2.05, 4.69) is 37.3 Å². The number of Topliss-reactive ketones (excluding diaryl/α,β-unsaturated/α-hetero) is 1.